The van der Waals surface area contributed by atoms with Gasteiger partial charge in [0, 0.05) is 39.4 Å². The summed E-state index contributed by atoms with van der Waals surface area (Å²) in [5.74, 6) is 0.351. The Hall–Kier alpha value is -7.42. The summed E-state index contributed by atoms with van der Waals surface area (Å²) in [6.45, 7) is 0. The first kappa shape index (κ1) is 33.9. The van der Waals surface area contributed by atoms with Crippen LogP contribution < -0.4 is 4.90 Å². The van der Waals surface area contributed by atoms with Crippen molar-refractivity contribution in [3.8, 4) is 27.9 Å². The summed E-state index contributed by atoms with van der Waals surface area (Å²) >= 11 is 0. The molecule has 1 aliphatic carbocycles. The Morgan fingerprint density at radius 2 is 1.12 bits per heavy atom. The Morgan fingerprint density at radius 1 is 0.431 bits per heavy atom. The molecule has 0 saturated heterocycles. The van der Waals surface area contributed by atoms with Crippen LogP contribution in [0.25, 0.3) is 71.3 Å². The molecule has 1 aliphatic rings. The molecule has 1 heterocycles. The summed E-state index contributed by atoms with van der Waals surface area (Å²) in [4.78, 5) is 2.42. The molecule has 0 amide bonds. The van der Waals surface area contributed by atoms with Crippen LogP contribution in [0.3, 0.4) is 0 Å². The third kappa shape index (κ3) is 5.98. The van der Waals surface area contributed by atoms with E-state index in [2.05, 4.69) is 234 Å². The molecule has 2 nitrogen and oxygen atoms in total. The van der Waals surface area contributed by atoms with Gasteiger partial charge in [0.2, 0.25) is 0 Å². The predicted octanol–water partition coefficient (Wildman–Crippen LogP) is 15.5. The quantitative estimate of drug-likeness (QED) is 0.158. The molecular formula is C56H40N2. The average Bonchev–Trinajstić information content (AvgIpc) is 3.62. The topological polar surface area (TPSA) is 8.17 Å². The maximum atomic E-state index is 2.42. The van der Waals surface area contributed by atoms with Gasteiger partial charge in [-0.3, -0.25) is 0 Å². The standard InChI is InChI=1S/C56H40N2/c1-3-14-39(15-4-1)43-20-11-24-50(35-43)57(49-32-30-41(31-33-49)46-29-28-40-16-7-8-17-42(40)34-46)51-25-12-21-47(36-51)52-26-13-27-54-56(52)53-37-44-18-9-10-19-45(44)38-55(53)58(54)48-22-5-2-6-23-48/h1-14,16-39H,15H2. The van der Waals surface area contributed by atoms with E-state index >= 15 is 0 Å². The Balaban J connectivity index is 1.08. The first-order chi connectivity index (χ1) is 28.7. The highest BCUT2D eigenvalue weighted by molar-refractivity contribution is 6.18. The van der Waals surface area contributed by atoms with E-state index in [4.69, 9.17) is 0 Å². The fourth-order valence-corrected chi connectivity index (χ4v) is 9.00. The first-order valence-corrected chi connectivity index (χ1v) is 20.2. The lowest BCUT2D eigenvalue weighted by Gasteiger charge is -2.27. The lowest BCUT2D eigenvalue weighted by atomic mass is 9.92. The summed E-state index contributed by atoms with van der Waals surface area (Å²) < 4.78 is 2.42. The van der Waals surface area contributed by atoms with Gasteiger partial charge in [0.25, 0.3) is 0 Å². The van der Waals surface area contributed by atoms with E-state index in [-0.39, 0.29) is 0 Å². The lowest BCUT2D eigenvalue weighted by Crippen LogP contribution is -2.11. The maximum absolute atomic E-state index is 2.42. The second-order valence-electron chi connectivity index (χ2n) is 15.3. The molecule has 2 heteroatoms. The number of rotatable bonds is 7. The van der Waals surface area contributed by atoms with Gasteiger partial charge in [-0.1, -0.05) is 152 Å². The number of aromatic nitrogens is 1. The van der Waals surface area contributed by atoms with E-state index in [0.29, 0.717) is 5.92 Å². The minimum absolute atomic E-state index is 0.351. The molecule has 1 unspecified atom stereocenters. The van der Waals surface area contributed by atoms with Crippen molar-refractivity contribution in [2.24, 2.45) is 0 Å². The molecule has 0 N–H and O–H groups in total. The van der Waals surface area contributed by atoms with Crippen molar-refractivity contribution in [2.75, 3.05) is 4.90 Å². The highest BCUT2D eigenvalue weighted by atomic mass is 15.1. The Kier molecular flexibility index (Phi) is 8.33. The van der Waals surface area contributed by atoms with Gasteiger partial charge in [-0.15, -0.1) is 0 Å². The molecular weight excluding hydrogens is 701 g/mol. The monoisotopic (exact) mass is 740 g/mol. The van der Waals surface area contributed by atoms with Gasteiger partial charge in [-0.2, -0.15) is 0 Å². The van der Waals surface area contributed by atoms with Crippen LogP contribution in [0.4, 0.5) is 17.1 Å². The van der Waals surface area contributed by atoms with Gasteiger partial charge in [-0.25, -0.2) is 0 Å². The van der Waals surface area contributed by atoms with Crippen molar-refractivity contribution in [1.29, 1.82) is 0 Å². The van der Waals surface area contributed by atoms with Gasteiger partial charge in [0.15, 0.2) is 0 Å². The van der Waals surface area contributed by atoms with E-state index in [9.17, 15) is 0 Å². The summed E-state index contributed by atoms with van der Waals surface area (Å²) in [6.07, 6.45) is 9.91. The lowest BCUT2D eigenvalue weighted by molar-refractivity contribution is 0.853. The highest BCUT2D eigenvalue weighted by Gasteiger charge is 2.20. The zero-order valence-electron chi connectivity index (χ0n) is 32.0. The van der Waals surface area contributed by atoms with Crippen molar-refractivity contribution in [2.45, 2.75) is 12.3 Å². The molecule has 10 aromatic rings. The second-order valence-corrected chi connectivity index (χ2v) is 15.3. The number of hydrogen-bond donors (Lipinski definition) is 0. The largest absolute Gasteiger partial charge is 0.310 e. The Morgan fingerprint density at radius 3 is 1.91 bits per heavy atom. The maximum Gasteiger partial charge on any atom is 0.0547 e. The number of allylic oxidation sites excluding steroid dienone is 4. The van der Waals surface area contributed by atoms with E-state index < -0.39 is 0 Å². The summed E-state index contributed by atoms with van der Waals surface area (Å²) in [5, 5.41) is 7.50. The van der Waals surface area contributed by atoms with Crippen molar-refractivity contribution >= 4 is 60.4 Å². The predicted molar refractivity (Wildman–Crippen MR) is 247 cm³/mol. The second kappa shape index (κ2) is 14.3. The Labute approximate surface area is 338 Å². The fourth-order valence-electron chi connectivity index (χ4n) is 9.00. The van der Waals surface area contributed by atoms with Crippen LogP contribution in [0, 0.1) is 0 Å². The van der Waals surface area contributed by atoms with E-state index in [1.165, 1.54) is 71.2 Å². The van der Waals surface area contributed by atoms with E-state index in [1.54, 1.807) is 0 Å². The number of para-hydroxylation sites is 1. The number of fused-ring (bicyclic) bond motifs is 5. The minimum Gasteiger partial charge on any atom is -0.310 e. The molecule has 9 aromatic carbocycles. The third-order valence-corrected chi connectivity index (χ3v) is 11.8. The van der Waals surface area contributed by atoms with Crippen molar-refractivity contribution in [3.05, 3.63) is 230 Å². The molecule has 0 fully saturated rings. The van der Waals surface area contributed by atoms with Crippen molar-refractivity contribution in [1.82, 2.24) is 4.57 Å². The zero-order valence-corrected chi connectivity index (χ0v) is 32.0. The van der Waals surface area contributed by atoms with Crippen molar-refractivity contribution < 1.29 is 0 Å². The van der Waals surface area contributed by atoms with Gasteiger partial charge < -0.3 is 9.47 Å². The summed E-state index contributed by atoms with van der Waals surface area (Å²) in [7, 11) is 0. The third-order valence-electron chi connectivity index (χ3n) is 11.8. The summed E-state index contributed by atoms with van der Waals surface area (Å²) in [6, 6.07) is 73.5. The molecule has 274 valence electrons. The molecule has 0 radical (unpaired) electrons. The van der Waals surface area contributed by atoms with Crippen LogP contribution in [0.5, 0.6) is 0 Å². The Bertz CT molecular complexity index is 3200. The molecule has 11 rings (SSSR count). The van der Waals surface area contributed by atoms with Crippen LogP contribution in [-0.2, 0) is 0 Å². The number of nitrogens with zero attached hydrogens (tertiary/aromatic N) is 2. The van der Waals surface area contributed by atoms with E-state index in [0.717, 1.165) is 29.2 Å². The van der Waals surface area contributed by atoms with Crippen LogP contribution >= 0.6 is 0 Å². The van der Waals surface area contributed by atoms with Crippen LogP contribution in [0.1, 0.15) is 17.9 Å². The zero-order chi connectivity index (χ0) is 38.4. The number of hydrogen-bond acceptors (Lipinski definition) is 1. The minimum atomic E-state index is 0.351. The molecule has 0 saturated carbocycles. The highest BCUT2D eigenvalue weighted by Crippen LogP contribution is 2.43. The van der Waals surface area contributed by atoms with Crippen LogP contribution in [0.2, 0.25) is 0 Å². The molecule has 0 bridgehead atoms. The summed E-state index contributed by atoms with van der Waals surface area (Å²) in [5.41, 5.74) is 13.1. The molecule has 0 spiro atoms. The van der Waals surface area contributed by atoms with Gasteiger partial charge in [0.05, 0.1) is 11.0 Å². The molecule has 1 atom stereocenters. The van der Waals surface area contributed by atoms with Gasteiger partial charge >= 0.3 is 0 Å². The smallest absolute Gasteiger partial charge is 0.0547 e. The van der Waals surface area contributed by atoms with Gasteiger partial charge in [-0.05, 0) is 129 Å². The van der Waals surface area contributed by atoms with Gasteiger partial charge in [0.1, 0.15) is 0 Å². The average molecular weight is 741 g/mol. The van der Waals surface area contributed by atoms with E-state index in [1.807, 2.05) is 0 Å². The molecule has 58 heavy (non-hydrogen) atoms. The normalized spacial score (nSPS) is 13.8. The fraction of sp³-hybridized carbons (Fsp3) is 0.0357. The number of anilines is 3. The number of benzene rings is 9. The molecule has 1 aromatic heterocycles. The SMILES string of the molecule is C1=CCC(c2cccc(N(c3ccc(-c4ccc5ccccc5c4)cc3)c3cccc(-c4cccc5c4c4cc6ccccc6cc4n5-c4ccccc4)c3)c2)C=C1. The first-order valence-electron chi connectivity index (χ1n) is 20.2. The molecule has 0 aliphatic heterocycles. The van der Waals surface area contributed by atoms with Crippen LogP contribution in [0.15, 0.2) is 224 Å². The van der Waals surface area contributed by atoms with Crippen molar-refractivity contribution in [3.63, 3.8) is 0 Å². The van der Waals surface area contributed by atoms with Crippen LogP contribution in [-0.4, -0.2) is 4.57 Å².